The van der Waals surface area contributed by atoms with Crippen molar-refractivity contribution in [2.75, 3.05) is 0 Å². The molecular weight excluding hydrogens is 294 g/mol. The van der Waals surface area contributed by atoms with Crippen LogP contribution in [0.3, 0.4) is 0 Å². The molecule has 0 fully saturated rings. The quantitative estimate of drug-likeness (QED) is 0.820. The van der Waals surface area contributed by atoms with Gasteiger partial charge in [-0.2, -0.15) is 13.5 Å². The lowest BCUT2D eigenvalue weighted by molar-refractivity contribution is 0.548. The molecule has 1 aromatic heterocycles. The van der Waals surface area contributed by atoms with Gasteiger partial charge in [-0.15, -0.1) is 0 Å². The molecule has 0 unspecified atom stereocenters. The van der Waals surface area contributed by atoms with E-state index in [1.807, 2.05) is 5.10 Å². The van der Waals surface area contributed by atoms with E-state index in [0.29, 0.717) is 0 Å². The molecule has 2 rings (SSSR count). The van der Waals surface area contributed by atoms with Crippen LogP contribution in [0.5, 0.6) is 0 Å². The Kier molecular flexibility index (Phi) is 2.27. The smallest absolute Gasteiger partial charge is 0.264 e. The fourth-order valence-corrected chi connectivity index (χ4v) is 2.09. The molecule has 4 nitrogen and oxygen atoms in total. The van der Waals surface area contributed by atoms with Gasteiger partial charge in [0.1, 0.15) is 5.82 Å². The van der Waals surface area contributed by atoms with Crippen LogP contribution in [0.1, 0.15) is 0 Å². The maximum absolute atomic E-state index is 13.0. The number of halogens is 3. The summed E-state index contributed by atoms with van der Waals surface area (Å²) < 4.78 is 47.1. The molecule has 0 radical (unpaired) electrons. The van der Waals surface area contributed by atoms with Crippen molar-refractivity contribution in [2.24, 2.45) is 0 Å². The van der Waals surface area contributed by atoms with Crippen LogP contribution in [0.15, 0.2) is 21.6 Å². The van der Waals surface area contributed by atoms with Crippen molar-refractivity contribution >= 4 is 37.1 Å². The van der Waals surface area contributed by atoms with Crippen molar-refractivity contribution in [2.45, 2.75) is 5.03 Å². The molecule has 0 bridgehead atoms. The maximum atomic E-state index is 13.0. The number of aromatic amines is 1. The van der Waals surface area contributed by atoms with Gasteiger partial charge >= 0.3 is 10.2 Å². The highest BCUT2D eigenvalue weighted by Crippen LogP contribution is 2.27. The molecule has 0 amide bonds. The number of hydrogen-bond donors (Lipinski definition) is 1. The molecule has 0 saturated heterocycles. The molecule has 0 aliphatic carbocycles. The van der Waals surface area contributed by atoms with Crippen molar-refractivity contribution < 1.29 is 16.7 Å². The van der Waals surface area contributed by atoms with Gasteiger partial charge in [-0.1, -0.05) is 3.89 Å². The highest BCUT2D eigenvalue weighted by Gasteiger charge is 2.20. The molecule has 1 heterocycles. The van der Waals surface area contributed by atoms with Gasteiger partial charge in [-0.3, -0.25) is 5.10 Å². The Morgan fingerprint density at radius 1 is 1.40 bits per heavy atom. The monoisotopic (exact) mass is 296 g/mol. The van der Waals surface area contributed by atoms with Crippen LogP contribution >= 0.6 is 15.9 Å². The Balaban J connectivity index is 2.87. The lowest BCUT2D eigenvalue weighted by atomic mass is 10.2. The van der Waals surface area contributed by atoms with Crippen LogP contribution in [-0.4, -0.2) is 18.6 Å². The molecule has 1 aromatic carbocycles. The van der Waals surface area contributed by atoms with Crippen LogP contribution in [0, 0.1) is 5.82 Å². The van der Waals surface area contributed by atoms with E-state index >= 15 is 0 Å². The summed E-state index contributed by atoms with van der Waals surface area (Å²) >= 11 is 2.87. The van der Waals surface area contributed by atoms with E-state index in [2.05, 4.69) is 21.0 Å². The van der Waals surface area contributed by atoms with Crippen molar-refractivity contribution in [1.82, 2.24) is 10.2 Å². The largest absolute Gasteiger partial charge is 0.349 e. The Morgan fingerprint density at radius 3 is 2.67 bits per heavy atom. The summed E-state index contributed by atoms with van der Waals surface area (Å²) in [4.78, 5) is 0. The summed E-state index contributed by atoms with van der Waals surface area (Å²) in [5, 5.41) is 4.83. The molecule has 80 valence electrons. The van der Waals surface area contributed by atoms with Crippen molar-refractivity contribution in [3.8, 4) is 0 Å². The number of nitrogens with one attached hydrogen (secondary N) is 1. The zero-order valence-electron chi connectivity index (χ0n) is 6.96. The zero-order chi connectivity index (χ0) is 11.2. The molecule has 8 heteroatoms. The summed E-state index contributed by atoms with van der Waals surface area (Å²) in [6.07, 6.45) is 0. The highest BCUT2D eigenvalue weighted by molar-refractivity contribution is 9.10. The maximum Gasteiger partial charge on any atom is 0.349 e. The molecule has 0 aliphatic rings. The Hall–Kier alpha value is -1.02. The lowest BCUT2D eigenvalue weighted by Crippen LogP contribution is -1.92. The second-order valence-corrected chi connectivity index (χ2v) is 4.91. The van der Waals surface area contributed by atoms with Gasteiger partial charge in [0.25, 0.3) is 0 Å². The Labute approximate surface area is 91.6 Å². The van der Waals surface area contributed by atoms with Gasteiger partial charge in [-0.05, 0) is 22.0 Å². The van der Waals surface area contributed by atoms with E-state index in [1.165, 1.54) is 0 Å². The lowest BCUT2D eigenvalue weighted by Gasteiger charge is -1.94. The van der Waals surface area contributed by atoms with Gasteiger partial charge in [0.2, 0.25) is 0 Å². The summed E-state index contributed by atoms with van der Waals surface area (Å²) in [5.74, 6) is -0.600. The van der Waals surface area contributed by atoms with Crippen molar-refractivity contribution in [3.05, 3.63) is 22.4 Å². The second-order valence-electron chi connectivity index (χ2n) is 2.77. The van der Waals surface area contributed by atoms with Crippen LogP contribution in [0.2, 0.25) is 0 Å². The predicted molar refractivity (Wildman–Crippen MR) is 52.0 cm³/mol. The number of hydrogen-bond acceptors (Lipinski definition) is 3. The average Bonchev–Trinajstić information content (AvgIpc) is 2.47. The molecule has 15 heavy (non-hydrogen) atoms. The molecule has 0 atom stereocenters. The van der Waals surface area contributed by atoms with Crippen molar-refractivity contribution in [1.29, 1.82) is 0 Å². The number of fused-ring (bicyclic) bond motifs is 1. The number of nitrogens with zero attached hydrogens (tertiary/aromatic N) is 1. The topological polar surface area (TPSA) is 62.8 Å². The van der Waals surface area contributed by atoms with E-state index < -0.39 is 21.1 Å². The van der Waals surface area contributed by atoms with Crippen molar-refractivity contribution in [3.63, 3.8) is 0 Å². The fourth-order valence-electron chi connectivity index (χ4n) is 1.17. The van der Waals surface area contributed by atoms with Gasteiger partial charge < -0.3 is 0 Å². The van der Waals surface area contributed by atoms with E-state index in [4.69, 9.17) is 0 Å². The van der Waals surface area contributed by atoms with E-state index in [1.54, 1.807) is 0 Å². The molecule has 0 spiro atoms. The summed E-state index contributed by atoms with van der Waals surface area (Å²) in [6.45, 7) is 0. The molecular formula is C7H3BrF2N2O2S. The predicted octanol–water partition coefficient (Wildman–Crippen LogP) is 2.12. The third-order valence-electron chi connectivity index (χ3n) is 1.80. The zero-order valence-corrected chi connectivity index (χ0v) is 9.36. The van der Waals surface area contributed by atoms with Gasteiger partial charge in [0, 0.05) is 11.5 Å². The standard InChI is InChI=1S/C7H3BrF2N2O2S/c8-4-1-3-6(2-5(4)9)11-12-7(3)15(10,13)14/h1-2H,(H,11,12). The first-order chi connectivity index (χ1) is 6.89. The van der Waals surface area contributed by atoms with Crippen LogP contribution < -0.4 is 0 Å². The van der Waals surface area contributed by atoms with Gasteiger partial charge in [0.15, 0.2) is 5.03 Å². The molecule has 0 saturated carbocycles. The normalized spacial score (nSPS) is 12.2. The minimum Gasteiger partial charge on any atom is -0.264 e. The Morgan fingerprint density at radius 2 is 2.07 bits per heavy atom. The van der Waals surface area contributed by atoms with E-state index in [-0.39, 0.29) is 15.4 Å². The summed E-state index contributed by atoms with van der Waals surface area (Å²) in [7, 11) is -4.88. The second kappa shape index (κ2) is 3.24. The van der Waals surface area contributed by atoms with Gasteiger partial charge in [-0.25, -0.2) is 4.39 Å². The molecule has 2 aromatic rings. The highest BCUT2D eigenvalue weighted by atomic mass is 79.9. The molecule has 0 aliphatic heterocycles. The SMILES string of the molecule is O=S(=O)(F)c1[nH]nc2cc(F)c(Br)cc12. The molecule has 1 N–H and O–H groups in total. The van der Waals surface area contributed by atoms with E-state index in [0.717, 1.165) is 12.1 Å². The van der Waals surface area contributed by atoms with E-state index in [9.17, 15) is 16.7 Å². The number of aromatic nitrogens is 2. The Bertz CT molecular complexity index is 638. The van der Waals surface area contributed by atoms with Crippen LogP contribution in [0.25, 0.3) is 10.9 Å². The third-order valence-corrected chi connectivity index (χ3v) is 3.21. The minimum absolute atomic E-state index is 0.00535. The summed E-state index contributed by atoms with van der Waals surface area (Å²) in [6, 6.07) is 2.16. The fraction of sp³-hybridized carbons (Fsp3) is 0. The number of benzene rings is 1. The first kappa shape index (κ1) is 10.5. The minimum atomic E-state index is -4.88. The van der Waals surface area contributed by atoms with Crippen LogP contribution in [-0.2, 0) is 10.2 Å². The number of H-pyrrole nitrogens is 1. The third kappa shape index (κ3) is 1.74. The van der Waals surface area contributed by atoms with Crippen LogP contribution in [0.4, 0.5) is 8.28 Å². The van der Waals surface area contributed by atoms with Gasteiger partial charge in [0.05, 0.1) is 9.99 Å². The average molecular weight is 297 g/mol. The number of rotatable bonds is 1. The summed E-state index contributed by atoms with van der Waals surface area (Å²) in [5.41, 5.74) is 0.0481. The first-order valence-corrected chi connectivity index (χ1v) is 5.85. The first-order valence-electron chi connectivity index (χ1n) is 3.67.